The van der Waals surface area contributed by atoms with Crippen molar-refractivity contribution >= 4 is 11.9 Å². The summed E-state index contributed by atoms with van der Waals surface area (Å²) in [7, 11) is 1.89. The number of carboxylic acids is 1. The summed E-state index contributed by atoms with van der Waals surface area (Å²) in [6, 6.07) is 9.19. The van der Waals surface area contributed by atoms with Gasteiger partial charge in [0.1, 0.15) is 0 Å². The number of nitrogens with one attached hydrogen (secondary N) is 1. The first-order chi connectivity index (χ1) is 11.9. The van der Waals surface area contributed by atoms with Gasteiger partial charge in [0.05, 0.1) is 11.7 Å². The Morgan fingerprint density at radius 3 is 2.44 bits per heavy atom. The first kappa shape index (κ1) is 18.7. The summed E-state index contributed by atoms with van der Waals surface area (Å²) < 4.78 is 1.82. The number of nitrogens with zero attached hydrogens (tertiary/aromatic N) is 2. The molecule has 1 amide bonds. The van der Waals surface area contributed by atoms with Crippen LogP contribution in [0.25, 0.3) is 0 Å². The fourth-order valence-corrected chi connectivity index (χ4v) is 2.96. The highest BCUT2D eigenvalue weighted by molar-refractivity contribution is 5.77. The molecule has 25 heavy (non-hydrogen) atoms. The first-order valence-corrected chi connectivity index (χ1v) is 8.43. The number of carboxylic acid groups (broad SMARTS) is 1. The zero-order valence-electron chi connectivity index (χ0n) is 15.0. The summed E-state index contributed by atoms with van der Waals surface area (Å²) in [6.07, 6.45) is 1.36. The molecule has 0 saturated heterocycles. The van der Waals surface area contributed by atoms with Crippen LogP contribution in [0.3, 0.4) is 0 Å². The molecule has 6 nitrogen and oxygen atoms in total. The number of aromatic nitrogens is 2. The molecule has 134 valence electrons. The van der Waals surface area contributed by atoms with Gasteiger partial charge < -0.3 is 10.4 Å². The van der Waals surface area contributed by atoms with E-state index in [2.05, 4.69) is 10.4 Å². The van der Waals surface area contributed by atoms with Gasteiger partial charge in [0.15, 0.2) is 0 Å². The number of hydrogen-bond acceptors (Lipinski definition) is 3. The molecule has 1 aromatic heterocycles. The van der Waals surface area contributed by atoms with E-state index >= 15 is 0 Å². The monoisotopic (exact) mass is 343 g/mol. The zero-order chi connectivity index (χ0) is 18.4. The molecule has 0 radical (unpaired) electrons. The minimum Gasteiger partial charge on any atom is -0.481 e. The number of benzene rings is 1. The second-order valence-electron chi connectivity index (χ2n) is 6.24. The topological polar surface area (TPSA) is 84.2 Å². The van der Waals surface area contributed by atoms with Crippen molar-refractivity contribution in [2.45, 2.75) is 45.6 Å². The van der Waals surface area contributed by atoms with Crippen molar-refractivity contribution in [3.05, 3.63) is 52.8 Å². The average Bonchev–Trinajstić information content (AvgIpc) is 2.82. The Kier molecular flexibility index (Phi) is 6.33. The zero-order valence-corrected chi connectivity index (χ0v) is 15.0. The third kappa shape index (κ3) is 5.17. The van der Waals surface area contributed by atoms with Gasteiger partial charge in [0.25, 0.3) is 0 Å². The number of hydrogen-bond donors (Lipinski definition) is 2. The van der Waals surface area contributed by atoms with E-state index in [4.69, 9.17) is 5.11 Å². The Bertz CT molecular complexity index is 738. The van der Waals surface area contributed by atoms with Gasteiger partial charge in [-0.3, -0.25) is 14.3 Å². The third-order valence-electron chi connectivity index (χ3n) is 4.44. The highest BCUT2D eigenvalue weighted by atomic mass is 16.4. The van der Waals surface area contributed by atoms with E-state index in [1.807, 2.05) is 55.9 Å². The van der Waals surface area contributed by atoms with E-state index in [0.717, 1.165) is 22.5 Å². The quantitative estimate of drug-likeness (QED) is 0.772. The molecule has 1 heterocycles. The predicted molar refractivity (Wildman–Crippen MR) is 95.2 cm³/mol. The lowest BCUT2D eigenvalue weighted by molar-refractivity contribution is -0.137. The number of aliphatic carboxylic acids is 1. The van der Waals surface area contributed by atoms with Crippen LogP contribution in [0.5, 0.6) is 0 Å². The summed E-state index contributed by atoms with van der Waals surface area (Å²) in [6.45, 7) is 3.94. The Balaban J connectivity index is 2.00. The van der Waals surface area contributed by atoms with Crippen molar-refractivity contribution in [1.82, 2.24) is 15.1 Å². The normalized spacial score (nSPS) is 12.0. The fourth-order valence-electron chi connectivity index (χ4n) is 2.96. The van der Waals surface area contributed by atoms with Gasteiger partial charge in [-0.25, -0.2) is 0 Å². The summed E-state index contributed by atoms with van der Waals surface area (Å²) in [4.78, 5) is 23.3. The molecule has 0 aliphatic carbocycles. The number of rotatable bonds is 8. The lowest BCUT2D eigenvalue weighted by atomic mass is 10.0. The van der Waals surface area contributed by atoms with Crippen LogP contribution in [0.15, 0.2) is 30.3 Å². The van der Waals surface area contributed by atoms with Gasteiger partial charge in [-0.1, -0.05) is 30.3 Å². The molecule has 2 N–H and O–H groups in total. The van der Waals surface area contributed by atoms with Gasteiger partial charge in [-0.15, -0.1) is 0 Å². The minimum atomic E-state index is -0.864. The van der Waals surface area contributed by atoms with Crippen LogP contribution in [-0.4, -0.2) is 26.8 Å². The Morgan fingerprint density at radius 1 is 1.20 bits per heavy atom. The van der Waals surface area contributed by atoms with Crippen molar-refractivity contribution in [3.63, 3.8) is 0 Å². The van der Waals surface area contributed by atoms with E-state index in [-0.39, 0.29) is 18.4 Å². The van der Waals surface area contributed by atoms with E-state index in [0.29, 0.717) is 19.3 Å². The molecule has 1 unspecified atom stereocenters. The van der Waals surface area contributed by atoms with Crippen LogP contribution in [0, 0.1) is 13.8 Å². The highest BCUT2D eigenvalue weighted by Gasteiger charge is 2.17. The smallest absolute Gasteiger partial charge is 0.303 e. The van der Waals surface area contributed by atoms with E-state index in [1.54, 1.807) is 0 Å². The standard InChI is InChI=1S/C19H25N3O3/c1-13-16(14(2)22(3)21-13)9-11-18(23)20-17(10-12-19(24)25)15-7-5-4-6-8-15/h4-8,17H,9-12H2,1-3H3,(H,20,23)(H,24,25). The number of carbonyl (C=O) groups excluding carboxylic acids is 1. The highest BCUT2D eigenvalue weighted by Crippen LogP contribution is 2.19. The second-order valence-corrected chi connectivity index (χ2v) is 6.24. The average molecular weight is 343 g/mol. The number of carbonyl (C=O) groups is 2. The molecular formula is C19H25N3O3. The summed E-state index contributed by atoms with van der Waals surface area (Å²) in [5, 5.41) is 16.3. The van der Waals surface area contributed by atoms with Gasteiger partial charge in [-0.05, 0) is 37.8 Å². The van der Waals surface area contributed by atoms with Crippen molar-refractivity contribution in [2.75, 3.05) is 0 Å². The molecule has 0 spiro atoms. The van der Waals surface area contributed by atoms with Crippen molar-refractivity contribution in [1.29, 1.82) is 0 Å². The van der Waals surface area contributed by atoms with Crippen molar-refractivity contribution in [3.8, 4) is 0 Å². The lowest BCUT2D eigenvalue weighted by Gasteiger charge is -2.18. The summed E-state index contributed by atoms with van der Waals surface area (Å²) in [5.41, 5.74) is 4.03. The molecule has 2 aromatic rings. The minimum absolute atomic E-state index is 0.0145. The summed E-state index contributed by atoms with van der Waals surface area (Å²) >= 11 is 0. The second kappa shape index (κ2) is 8.46. The van der Waals surface area contributed by atoms with Crippen LogP contribution >= 0.6 is 0 Å². The molecule has 2 rings (SSSR count). The molecule has 0 bridgehead atoms. The molecule has 0 aliphatic heterocycles. The van der Waals surface area contributed by atoms with Crippen LogP contribution in [-0.2, 0) is 23.1 Å². The fraction of sp³-hybridized carbons (Fsp3) is 0.421. The third-order valence-corrected chi connectivity index (χ3v) is 4.44. The van der Waals surface area contributed by atoms with Crippen LogP contribution in [0.4, 0.5) is 0 Å². The number of amides is 1. The first-order valence-electron chi connectivity index (χ1n) is 8.43. The summed E-state index contributed by atoms with van der Waals surface area (Å²) in [5.74, 6) is -0.946. The lowest BCUT2D eigenvalue weighted by Crippen LogP contribution is -2.29. The maximum atomic E-state index is 12.4. The Hall–Kier alpha value is -2.63. The maximum Gasteiger partial charge on any atom is 0.303 e. The maximum absolute atomic E-state index is 12.4. The molecule has 0 saturated carbocycles. The van der Waals surface area contributed by atoms with Crippen LogP contribution in [0.1, 0.15) is 47.8 Å². The molecule has 1 aromatic carbocycles. The number of aryl methyl sites for hydroxylation is 2. The van der Waals surface area contributed by atoms with Gasteiger partial charge >= 0.3 is 5.97 Å². The van der Waals surface area contributed by atoms with Crippen molar-refractivity contribution < 1.29 is 14.7 Å². The predicted octanol–water partition coefficient (Wildman–Crippen LogP) is 2.69. The van der Waals surface area contributed by atoms with Gasteiger partial charge in [0, 0.05) is 25.6 Å². The molecule has 0 aliphatic rings. The molecule has 6 heteroatoms. The Morgan fingerprint density at radius 2 is 1.88 bits per heavy atom. The van der Waals surface area contributed by atoms with E-state index in [1.165, 1.54) is 0 Å². The van der Waals surface area contributed by atoms with Crippen LogP contribution < -0.4 is 5.32 Å². The largest absolute Gasteiger partial charge is 0.481 e. The van der Waals surface area contributed by atoms with E-state index in [9.17, 15) is 9.59 Å². The van der Waals surface area contributed by atoms with Crippen LogP contribution in [0.2, 0.25) is 0 Å². The molecule has 0 fully saturated rings. The SMILES string of the molecule is Cc1nn(C)c(C)c1CCC(=O)NC(CCC(=O)O)c1ccccc1. The molecule has 1 atom stereocenters. The van der Waals surface area contributed by atoms with Crippen molar-refractivity contribution in [2.24, 2.45) is 7.05 Å². The van der Waals surface area contributed by atoms with Gasteiger partial charge in [-0.2, -0.15) is 5.10 Å². The van der Waals surface area contributed by atoms with E-state index < -0.39 is 5.97 Å². The molecular weight excluding hydrogens is 318 g/mol. The Labute approximate surface area is 147 Å². The van der Waals surface area contributed by atoms with Gasteiger partial charge in [0.2, 0.25) is 5.91 Å².